The molecule has 0 saturated heterocycles. The molecule has 47 heavy (non-hydrogen) atoms. The van der Waals surface area contributed by atoms with Gasteiger partial charge in [0.15, 0.2) is 6.10 Å². The summed E-state index contributed by atoms with van der Waals surface area (Å²) in [5, 5.41) is 12.1. The molecule has 25 heteroatoms. The van der Waals surface area contributed by atoms with Crippen molar-refractivity contribution in [1.29, 1.82) is 0 Å². The molecule has 7 unspecified atom stereocenters. The quantitative estimate of drug-likeness (QED) is 0.0338. The molecule has 1 aliphatic rings. The van der Waals surface area contributed by atoms with Gasteiger partial charge in [0.1, 0.15) is 30.0 Å². The van der Waals surface area contributed by atoms with Crippen LogP contribution in [-0.2, 0) is 59.9 Å². The minimum atomic E-state index is -5.87. The monoisotopic (exact) mass is 768 g/mol. The van der Waals surface area contributed by atoms with E-state index in [4.69, 9.17) is 13.8 Å². The second-order valence-corrected chi connectivity index (χ2v) is 15.4. The fraction of sp³-hybridized carbons (Fsp3) is 0.909. The molecule has 1 rings (SSSR count). The predicted octanol–water partition coefficient (Wildman–Crippen LogP) is 2.04. The molecule has 21 nitrogen and oxygen atoms in total. The van der Waals surface area contributed by atoms with E-state index in [0.717, 1.165) is 19.3 Å². The Morgan fingerprint density at radius 1 is 0.638 bits per heavy atom. The molecule has 0 spiro atoms. The Labute approximate surface area is 270 Å². The van der Waals surface area contributed by atoms with Gasteiger partial charge in [-0.25, -0.2) is 22.8 Å². The average molecular weight is 768 g/mol. The minimum absolute atomic E-state index is 0.0529. The first-order chi connectivity index (χ1) is 21.5. The second kappa shape index (κ2) is 19.1. The van der Waals surface area contributed by atoms with Crippen LogP contribution in [0.4, 0.5) is 0 Å². The Balaban J connectivity index is 3.97. The summed E-state index contributed by atoms with van der Waals surface area (Å²) in [6.07, 6.45) is -11.3. The fourth-order valence-corrected chi connectivity index (χ4v) is 7.21. The third-order valence-electron chi connectivity index (χ3n) is 6.62. The molecule has 0 bridgehead atoms. The number of esters is 2. The Morgan fingerprint density at radius 2 is 1.15 bits per heavy atom. The van der Waals surface area contributed by atoms with Gasteiger partial charge in [-0.2, -0.15) is 0 Å². The van der Waals surface area contributed by atoms with Crippen LogP contribution in [0.25, 0.3) is 0 Å². The third kappa shape index (κ3) is 16.3. The maximum Gasteiger partial charge on any atom is 0.475 e. The highest BCUT2D eigenvalue weighted by molar-refractivity contribution is 7.47. The van der Waals surface area contributed by atoms with Gasteiger partial charge in [-0.05, 0) is 12.8 Å². The van der Waals surface area contributed by atoms with E-state index in [2.05, 4.69) is 18.3 Å². The number of aliphatic hydroxyl groups is 1. The highest BCUT2D eigenvalue weighted by Gasteiger charge is 2.67. The van der Waals surface area contributed by atoms with Gasteiger partial charge in [0.2, 0.25) is 6.79 Å². The fourth-order valence-electron chi connectivity index (χ4n) is 4.72. The van der Waals surface area contributed by atoms with Crippen molar-refractivity contribution in [3.8, 4) is 0 Å². The van der Waals surface area contributed by atoms with E-state index in [1.165, 1.54) is 13.8 Å². The molecule has 278 valence electrons. The molecular formula is C22H44O21P4. The van der Waals surface area contributed by atoms with Crippen LogP contribution in [0.3, 0.4) is 0 Å². The topological polar surface area (TPSA) is 329 Å². The molecule has 0 aromatic carbocycles. The molecule has 0 aromatic heterocycles. The summed E-state index contributed by atoms with van der Waals surface area (Å²) >= 11 is 0. The summed E-state index contributed by atoms with van der Waals surface area (Å²) in [7, 11) is -23.2. The number of hydrogen-bond acceptors (Lipinski definition) is 14. The first-order valence-electron chi connectivity index (χ1n) is 14.4. The SMILES string of the molecule is CCCCCCCCC1(O)C(OC(=O)CCC)C(OP(=O)(O)OCOC(=O)CC)C(OP(=O)(O)O)C(OP(=O)(O)O)C1OP(=O)(O)O. The number of hydrogen-bond donors (Lipinski definition) is 8. The standard InChI is InChI=1S/C22H44O21P4/c1-4-7-8-9-10-11-13-22(25)20(39-16(24)12-5-2)18(42-47(35,36)38-14-37-15(23)6-3)17(40-44(26,27)28)19(41-45(29,30)31)21(22)43-46(32,33)34/h17-21,25H,4-14H2,1-3H3,(H,35,36)(H2,26,27,28)(H2,29,30,31)(H2,32,33,34). The van der Waals surface area contributed by atoms with E-state index < -0.39 is 99.0 Å². The Hall–Kier alpha value is -0.660. The van der Waals surface area contributed by atoms with Crippen molar-refractivity contribution in [3.63, 3.8) is 0 Å². The normalized spacial score (nSPS) is 26.8. The van der Waals surface area contributed by atoms with Crippen LogP contribution in [0, 0.1) is 0 Å². The van der Waals surface area contributed by atoms with Gasteiger partial charge in [-0.1, -0.05) is 59.3 Å². The van der Waals surface area contributed by atoms with Crippen molar-refractivity contribution >= 4 is 43.2 Å². The predicted molar refractivity (Wildman–Crippen MR) is 156 cm³/mol. The van der Waals surface area contributed by atoms with Crippen molar-refractivity contribution in [1.82, 2.24) is 0 Å². The van der Waals surface area contributed by atoms with Crippen molar-refractivity contribution in [2.24, 2.45) is 0 Å². The Kier molecular flexibility index (Phi) is 18.0. The summed E-state index contributed by atoms with van der Waals surface area (Å²) in [6, 6.07) is 0. The van der Waals surface area contributed by atoms with Crippen LogP contribution in [-0.4, -0.2) is 94.2 Å². The number of unbranched alkanes of at least 4 members (excludes halogenated alkanes) is 5. The lowest BCUT2D eigenvalue weighted by molar-refractivity contribution is -0.264. The minimum Gasteiger partial charge on any atom is -0.456 e. The van der Waals surface area contributed by atoms with Gasteiger partial charge in [0.05, 0.1) is 0 Å². The van der Waals surface area contributed by atoms with Crippen LogP contribution >= 0.6 is 31.3 Å². The summed E-state index contributed by atoms with van der Waals surface area (Å²) in [5.41, 5.74) is -3.04. The first-order valence-corrected chi connectivity index (χ1v) is 20.5. The maximum absolute atomic E-state index is 13.0. The van der Waals surface area contributed by atoms with E-state index in [-0.39, 0.29) is 19.3 Å². The molecule has 1 saturated carbocycles. The zero-order valence-corrected chi connectivity index (χ0v) is 29.4. The van der Waals surface area contributed by atoms with Crippen LogP contribution in [0.5, 0.6) is 0 Å². The molecule has 1 fully saturated rings. The van der Waals surface area contributed by atoms with Crippen LogP contribution in [0.1, 0.15) is 85.0 Å². The zero-order chi connectivity index (χ0) is 36.3. The van der Waals surface area contributed by atoms with E-state index in [1.54, 1.807) is 0 Å². The number of carbonyl (C=O) groups excluding carboxylic acids is 2. The molecule has 7 atom stereocenters. The smallest absolute Gasteiger partial charge is 0.456 e. The summed E-state index contributed by atoms with van der Waals surface area (Å²) in [5.74, 6) is -2.07. The number of rotatable bonds is 22. The summed E-state index contributed by atoms with van der Waals surface area (Å²) in [6.45, 7) is 3.61. The van der Waals surface area contributed by atoms with Crippen molar-refractivity contribution in [2.75, 3.05) is 6.79 Å². The van der Waals surface area contributed by atoms with E-state index in [0.29, 0.717) is 12.8 Å². The Bertz CT molecular complexity index is 1200. The van der Waals surface area contributed by atoms with Gasteiger partial charge >= 0.3 is 43.2 Å². The van der Waals surface area contributed by atoms with Crippen molar-refractivity contribution in [2.45, 2.75) is 121 Å². The number of carbonyl (C=O) groups is 2. The van der Waals surface area contributed by atoms with Crippen molar-refractivity contribution < 1.29 is 99.3 Å². The average Bonchev–Trinajstić information content (AvgIpc) is 2.90. The maximum atomic E-state index is 13.0. The van der Waals surface area contributed by atoms with Gasteiger partial charge in [0, 0.05) is 12.8 Å². The van der Waals surface area contributed by atoms with Gasteiger partial charge in [-0.3, -0.25) is 27.7 Å². The molecule has 0 aliphatic heterocycles. The van der Waals surface area contributed by atoms with E-state index >= 15 is 0 Å². The van der Waals surface area contributed by atoms with Gasteiger partial charge < -0.3 is 48.8 Å². The number of phosphoric ester groups is 4. The molecular weight excluding hydrogens is 724 g/mol. The first kappa shape index (κ1) is 44.4. The van der Waals surface area contributed by atoms with Crippen molar-refractivity contribution in [3.05, 3.63) is 0 Å². The molecule has 0 heterocycles. The molecule has 8 N–H and O–H groups in total. The van der Waals surface area contributed by atoms with E-state index in [9.17, 15) is 67.2 Å². The van der Waals surface area contributed by atoms with Crippen LogP contribution in [0.2, 0.25) is 0 Å². The van der Waals surface area contributed by atoms with Gasteiger partial charge in [-0.15, -0.1) is 0 Å². The highest BCUT2D eigenvalue weighted by Crippen LogP contribution is 2.57. The van der Waals surface area contributed by atoms with Gasteiger partial charge in [0.25, 0.3) is 0 Å². The lowest BCUT2D eigenvalue weighted by atomic mass is 9.72. The molecule has 0 radical (unpaired) electrons. The van der Waals surface area contributed by atoms with Crippen LogP contribution < -0.4 is 0 Å². The Morgan fingerprint density at radius 3 is 1.66 bits per heavy atom. The highest BCUT2D eigenvalue weighted by atomic mass is 31.2. The number of ether oxygens (including phenoxy) is 2. The molecule has 1 aliphatic carbocycles. The zero-order valence-electron chi connectivity index (χ0n) is 25.8. The summed E-state index contributed by atoms with van der Waals surface area (Å²) in [4.78, 5) is 92.8. The van der Waals surface area contributed by atoms with Crippen LogP contribution in [0.15, 0.2) is 0 Å². The lowest BCUT2D eigenvalue weighted by Gasteiger charge is -2.53. The third-order valence-corrected chi connectivity index (χ3v) is 9.10. The number of phosphoric acid groups is 4. The molecule has 0 aromatic rings. The van der Waals surface area contributed by atoms with E-state index in [1.807, 2.05) is 6.92 Å². The molecule has 0 amide bonds. The second-order valence-electron chi connectivity index (χ2n) is 10.5. The summed E-state index contributed by atoms with van der Waals surface area (Å²) < 4.78 is 82.6. The largest absolute Gasteiger partial charge is 0.475 e. The lowest BCUT2D eigenvalue weighted by Crippen LogP contribution is -2.73.